The Kier molecular flexibility index (Phi) is 5.79. The van der Waals surface area contributed by atoms with Crippen LogP contribution in [-0.4, -0.2) is 19.0 Å². The molecule has 1 aromatic carbocycles. The number of nitrogens with zero attached hydrogens (tertiary/aromatic N) is 1. The van der Waals surface area contributed by atoms with E-state index in [1.807, 2.05) is 0 Å². The van der Waals surface area contributed by atoms with Crippen molar-refractivity contribution >= 4 is 11.9 Å². The second-order valence-corrected chi connectivity index (χ2v) is 4.35. The lowest BCUT2D eigenvalue weighted by atomic mass is 9.84. The molecule has 0 aromatic heterocycles. The molecular formula is C14H13F2NO4. The number of carbonyl (C=O) groups is 2. The number of rotatable bonds is 5. The highest BCUT2D eigenvalue weighted by Gasteiger charge is 2.31. The van der Waals surface area contributed by atoms with Crippen molar-refractivity contribution in [2.75, 3.05) is 7.11 Å². The third-order valence-electron chi connectivity index (χ3n) is 3.10. The molecule has 2 unspecified atom stereocenters. The van der Waals surface area contributed by atoms with Gasteiger partial charge in [-0.1, -0.05) is 13.0 Å². The maximum Gasteiger partial charge on any atom is 0.325 e. The molecule has 2 atom stereocenters. The van der Waals surface area contributed by atoms with Crippen LogP contribution in [0.25, 0.3) is 0 Å². The summed E-state index contributed by atoms with van der Waals surface area (Å²) in [5.74, 6) is -5.15. The molecule has 0 heterocycles. The Bertz CT molecular complexity index is 583. The number of hydrogen-bond acceptors (Lipinski definition) is 5. The molecule has 0 aliphatic rings. The van der Waals surface area contributed by atoms with Gasteiger partial charge in [-0.15, -0.1) is 5.26 Å². The van der Waals surface area contributed by atoms with Gasteiger partial charge in [-0.3, -0.25) is 9.59 Å². The maximum absolute atomic E-state index is 13.9. The first kappa shape index (κ1) is 16.6. The zero-order valence-corrected chi connectivity index (χ0v) is 11.4. The Balaban J connectivity index is 3.15. The molecule has 0 aliphatic carbocycles. The Hall–Kier alpha value is -2.49. The van der Waals surface area contributed by atoms with E-state index in [0.29, 0.717) is 6.07 Å². The van der Waals surface area contributed by atoms with Gasteiger partial charge < -0.3 is 9.47 Å². The Morgan fingerprint density at radius 3 is 2.57 bits per heavy atom. The van der Waals surface area contributed by atoms with Crippen molar-refractivity contribution in [1.29, 1.82) is 5.26 Å². The van der Waals surface area contributed by atoms with Crippen LogP contribution >= 0.6 is 0 Å². The fourth-order valence-electron chi connectivity index (χ4n) is 1.92. The first-order valence-corrected chi connectivity index (χ1v) is 6.02. The van der Waals surface area contributed by atoms with E-state index in [1.165, 1.54) is 13.2 Å². The molecule has 5 nitrogen and oxygen atoms in total. The maximum atomic E-state index is 13.9. The van der Waals surface area contributed by atoms with Gasteiger partial charge in [-0.2, -0.15) is 0 Å². The summed E-state index contributed by atoms with van der Waals surface area (Å²) in [4.78, 5) is 23.0. The van der Waals surface area contributed by atoms with Gasteiger partial charge in [0.25, 0.3) is 6.26 Å². The number of hydrogen-bond donors (Lipinski definition) is 0. The number of nitriles is 1. The zero-order valence-electron chi connectivity index (χ0n) is 11.4. The van der Waals surface area contributed by atoms with Crippen LogP contribution in [0, 0.1) is 29.1 Å². The summed E-state index contributed by atoms with van der Waals surface area (Å²) in [5.41, 5.74) is -0.0239. The third-order valence-corrected chi connectivity index (χ3v) is 3.10. The quantitative estimate of drug-likeness (QED) is 0.615. The summed E-state index contributed by atoms with van der Waals surface area (Å²) in [6, 6.07) is 2.82. The topological polar surface area (TPSA) is 76.4 Å². The SMILES string of the molecule is COC(=O)CC(c1ccc(F)cc1F)C(C)C(=O)OC#N. The minimum absolute atomic E-state index is 0.0239. The molecule has 1 rings (SSSR count). The molecular weight excluding hydrogens is 284 g/mol. The van der Waals surface area contributed by atoms with Crippen molar-refractivity contribution in [3.8, 4) is 6.26 Å². The fraction of sp³-hybridized carbons (Fsp3) is 0.357. The molecule has 0 fully saturated rings. The lowest BCUT2D eigenvalue weighted by molar-refractivity contribution is -0.144. The van der Waals surface area contributed by atoms with E-state index < -0.39 is 35.4 Å². The zero-order chi connectivity index (χ0) is 16.0. The molecule has 0 N–H and O–H groups in total. The molecule has 0 saturated carbocycles. The highest BCUT2D eigenvalue weighted by molar-refractivity contribution is 5.77. The van der Waals surface area contributed by atoms with Crippen molar-refractivity contribution in [1.82, 2.24) is 0 Å². The van der Waals surface area contributed by atoms with Crippen LogP contribution in [0.2, 0.25) is 0 Å². The number of carbonyl (C=O) groups excluding carboxylic acids is 2. The van der Waals surface area contributed by atoms with Crippen LogP contribution in [0.1, 0.15) is 24.8 Å². The molecule has 112 valence electrons. The molecule has 0 bridgehead atoms. The average molecular weight is 297 g/mol. The van der Waals surface area contributed by atoms with Gasteiger partial charge >= 0.3 is 11.9 Å². The van der Waals surface area contributed by atoms with Crippen molar-refractivity contribution < 1.29 is 27.8 Å². The predicted octanol–water partition coefficient (Wildman–Crippen LogP) is 2.27. The van der Waals surface area contributed by atoms with Gasteiger partial charge in [0.1, 0.15) is 11.6 Å². The van der Waals surface area contributed by atoms with Crippen molar-refractivity contribution in [3.05, 3.63) is 35.4 Å². The molecule has 0 saturated heterocycles. The summed E-state index contributed by atoms with van der Waals surface area (Å²) < 4.78 is 35.5. The highest BCUT2D eigenvalue weighted by atomic mass is 19.1. The van der Waals surface area contributed by atoms with Gasteiger partial charge in [-0.05, 0) is 11.6 Å². The molecule has 0 spiro atoms. The van der Waals surface area contributed by atoms with Crippen molar-refractivity contribution in [2.45, 2.75) is 19.3 Å². The monoisotopic (exact) mass is 297 g/mol. The fourth-order valence-corrected chi connectivity index (χ4v) is 1.92. The van der Waals surface area contributed by atoms with E-state index >= 15 is 0 Å². The van der Waals surface area contributed by atoms with Crippen LogP contribution in [0.3, 0.4) is 0 Å². The van der Waals surface area contributed by atoms with Crippen LogP contribution in [0.15, 0.2) is 18.2 Å². The summed E-state index contributed by atoms with van der Waals surface area (Å²) in [7, 11) is 1.15. The van der Waals surface area contributed by atoms with E-state index in [4.69, 9.17) is 5.26 Å². The smallest absolute Gasteiger partial charge is 0.325 e. The number of methoxy groups -OCH3 is 1. The standard InChI is InChI=1S/C14H13F2NO4/c1-8(14(19)21-7-17)11(6-13(18)20-2)10-4-3-9(15)5-12(10)16/h3-5,8,11H,6H2,1-2H3. The van der Waals surface area contributed by atoms with E-state index in [2.05, 4.69) is 9.47 Å². The van der Waals surface area contributed by atoms with Crippen LogP contribution in [0.5, 0.6) is 0 Å². The van der Waals surface area contributed by atoms with Crippen LogP contribution < -0.4 is 0 Å². The summed E-state index contributed by atoms with van der Waals surface area (Å²) in [6.07, 6.45) is 0.921. The summed E-state index contributed by atoms with van der Waals surface area (Å²) in [6.45, 7) is 1.38. The highest BCUT2D eigenvalue weighted by Crippen LogP contribution is 2.31. The van der Waals surface area contributed by atoms with Crippen LogP contribution in [-0.2, 0) is 19.1 Å². The summed E-state index contributed by atoms with van der Waals surface area (Å²) in [5, 5.41) is 8.35. The van der Waals surface area contributed by atoms with Gasteiger partial charge in [-0.25, -0.2) is 8.78 Å². The van der Waals surface area contributed by atoms with Gasteiger partial charge in [0.15, 0.2) is 0 Å². The summed E-state index contributed by atoms with van der Waals surface area (Å²) >= 11 is 0. The average Bonchev–Trinajstić information content (AvgIpc) is 2.44. The largest absolute Gasteiger partial charge is 0.469 e. The molecule has 21 heavy (non-hydrogen) atoms. The molecule has 0 aliphatic heterocycles. The lowest BCUT2D eigenvalue weighted by Crippen LogP contribution is -2.24. The van der Waals surface area contributed by atoms with Gasteiger partial charge in [0.05, 0.1) is 19.4 Å². The molecule has 0 radical (unpaired) electrons. The van der Waals surface area contributed by atoms with E-state index in [1.54, 1.807) is 0 Å². The first-order chi connectivity index (χ1) is 9.90. The van der Waals surface area contributed by atoms with Crippen LogP contribution in [0.4, 0.5) is 8.78 Å². The predicted molar refractivity (Wildman–Crippen MR) is 66.6 cm³/mol. The number of halogens is 2. The first-order valence-electron chi connectivity index (χ1n) is 6.02. The molecule has 0 amide bonds. The number of esters is 2. The van der Waals surface area contributed by atoms with Gasteiger partial charge in [0, 0.05) is 12.0 Å². The Morgan fingerprint density at radius 1 is 1.38 bits per heavy atom. The Morgan fingerprint density at radius 2 is 2.05 bits per heavy atom. The minimum Gasteiger partial charge on any atom is -0.469 e. The molecule has 7 heteroatoms. The lowest BCUT2D eigenvalue weighted by Gasteiger charge is -2.21. The second kappa shape index (κ2) is 7.33. The molecule has 1 aromatic rings. The number of benzene rings is 1. The van der Waals surface area contributed by atoms with Crippen molar-refractivity contribution in [3.63, 3.8) is 0 Å². The third kappa shape index (κ3) is 4.24. The minimum atomic E-state index is -0.983. The van der Waals surface area contributed by atoms with Crippen molar-refractivity contribution in [2.24, 2.45) is 5.92 Å². The second-order valence-electron chi connectivity index (χ2n) is 4.35. The van der Waals surface area contributed by atoms with E-state index in [9.17, 15) is 18.4 Å². The number of ether oxygens (including phenoxy) is 2. The van der Waals surface area contributed by atoms with Gasteiger partial charge in [0.2, 0.25) is 0 Å². The van der Waals surface area contributed by atoms with E-state index in [-0.39, 0.29) is 12.0 Å². The van der Waals surface area contributed by atoms with E-state index in [0.717, 1.165) is 19.2 Å². The normalized spacial score (nSPS) is 12.9. The Labute approximate surface area is 120 Å².